The zero-order chi connectivity index (χ0) is 24.2. The van der Waals surface area contributed by atoms with E-state index in [-0.39, 0.29) is 22.5 Å². The fourth-order valence-corrected chi connectivity index (χ4v) is 6.04. The summed E-state index contributed by atoms with van der Waals surface area (Å²) in [6.45, 7) is 4.97. The zero-order valence-corrected chi connectivity index (χ0v) is 20.7. The summed E-state index contributed by atoms with van der Waals surface area (Å²) in [5, 5.41) is 11.1. The minimum Gasteiger partial charge on any atom is -0.377 e. The normalized spacial score (nSPS) is 19.8. The molecule has 0 saturated carbocycles. The van der Waals surface area contributed by atoms with Crippen molar-refractivity contribution in [1.82, 2.24) is 0 Å². The lowest BCUT2D eigenvalue weighted by molar-refractivity contribution is -0.419. The van der Waals surface area contributed by atoms with Crippen LogP contribution in [0.2, 0.25) is 6.04 Å². The van der Waals surface area contributed by atoms with Crippen molar-refractivity contribution in [2.45, 2.75) is 31.7 Å². The molecule has 0 radical (unpaired) electrons. The number of rotatable bonds is 9. The largest absolute Gasteiger partial charge is 0.500 e. The van der Waals surface area contributed by atoms with Crippen LogP contribution in [-0.2, 0) is 23.5 Å². The minimum atomic E-state index is -2.69. The van der Waals surface area contributed by atoms with Crippen LogP contribution in [0.5, 0.6) is 0 Å². The van der Waals surface area contributed by atoms with Gasteiger partial charge < -0.3 is 18.2 Å². The molecule has 3 rings (SSSR count). The first-order valence-electron chi connectivity index (χ1n) is 10.7. The van der Waals surface area contributed by atoms with Gasteiger partial charge in [0.15, 0.2) is 5.78 Å². The van der Waals surface area contributed by atoms with Crippen molar-refractivity contribution >= 4 is 20.3 Å². The van der Waals surface area contributed by atoms with Gasteiger partial charge in [-0.1, -0.05) is 32.0 Å². The smallest absolute Gasteiger partial charge is 0.377 e. The molecule has 0 unspecified atom stereocenters. The summed E-state index contributed by atoms with van der Waals surface area (Å²) in [5.74, 6) is -0.256. The van der Waals surface area contributed by atoms with E-state index in [4.69, 9.17) is 13.3 Å². The van der Waals surface area contributed by atoms with Gasteiger partial charge in [0.2, 0.25) is 0 Å². The van der Waals surface area contributed by atoms with E-state index in [1.807, 2.05) is 18.2 Å². The molecule has 176 valence electrons. The van der Waals surface area contributed by atoms with Gasteiger partial charge in [0, 0.05) is 68.4 Å². The van der Waals surface area contributed by atoms with Gasteiger partial charge >= 0.3 is 8.80 Å². The number of carbonyl (C=O) groups excluding carboxylic acids is 1. The second-order valence-electron chi connectivity index (χ2n) is 8.39. The highest BCUT2D eigenvalue weighted by molar-refractivity contribution is 6.60. The fourth-order valence-electron chi connectivity index (χ4n) is 4.34. The van der Waals surface area contributed by atoms with Gasteiger partial charge in [-0.15, -0.1) is 0 Å². The number of carbonyl (C=O) groups is 1. The molecule has 2 aliphatic rings. The molecule has 1 aliphatic heterocycles. The summed E-state index contributed by atoms with van der Waals surface area (Å²) in [4.78, 5) is 25.2. The third-order valence-corrected chi connectivity index (χ3v) is 9.05. The van der Waals surface area contributed by atoms with Gasteiger partial charge in [-0.25, -0.2) is 0 Å². The van der Waals surface area contributed by atoms with Crippen LogP contribution in [0.15, 0.2) is 71.6 Å². The topological polar surface area (TPSA) is 91.1 Å². The molecule has 0 aromatic heterocycles. The first-order chi connectivity index (χ1) is 15.7. The van der Waals surface area contributed by atoms with Crippen molar-refractivity contribution < 1.29 is 23.0 Å². The van der Waals surface area contributed by atoms with Crippen LogP contribution in [0.25, 0.3) is 0 Å². The van der Waals surface area contributed by atoms with E-state index >= 15 is 0 Å². The molecule has 1 aliphatic carbocycles. The van der Waals surface area contributed by atoms with Crippen molar-refractivity contribution in [1.29, 1.82) is 0 Å². The molecule has 0 fully saturated rings. The number of allylic oxidation sites excluding steroid dienone is 7. The second kappa shape index (κ2) is 9.96. The monoisotopic (exact) mass is 470 g/mol. The second-order valence-corrected chi connectivity index (χ2v) is 11.5. The summed E-state index contributed by atoms with van der Waals surface area (Å²) < 4.78 is 16.7. The lowest BCUT2D eigenvalue weighted by Crippen LogP contribution is -2.43. The van der Waals surface area contributed by atoms with Gasteiger partial charge in [0.05, 0.1) is 4.92 Å². The molecule has 0 spiro atoms. The van der Waals surface area contributed by atoms with E-state index in [9.17, 15) is 14.9 Å². The number of hydrogen-bond donors (Lipinski definition) is 0. The number of benzene rings is 1. The standard InChI is InChI=1S/C24H30N2O6Si/c1-24(2)20-9-6-7-10-21(20)25(15-8-16-33(30-3,31-4)32-5)23(24)14-11-18-17-19(26(28)29)12-13-22(18)27/h6-7,9-14,17H,8,15-16H2,1-5H3/b18-11-,23-14-. The zero-order valence-electron chi connectivity index (χ0n) is 19.7. The maximum absolute atomic E-state index is 12.3. The summed E-state index contributed by atoms with van der Waals surface area (Å²) in [5.41, 5.74) is 3.16. The molecule has 0 N–H and O–H groups in total. The van der Waals surface area contributed by atoms with Gasteiger partial charge in [0.25, 0.3) is 5.70 Å². The quantitative estimate of drug-likeness (QED) is 0.232. The molecule has 0 amide bonds. The molecule has 1 aromatic rings. The number of hydrogen-bond acceptors (Lipinski definition) is 7. The Morgan fingerprint density at radius 1 is 1.09 bits per heavy atom. The third-order valence-electron chi connectivity index (χ3n) is 6.22. The van der Waals surface area contributed by atoms with Gasteiger partial charge in [-0.2, -0.15) is 0 Å². The Balaban J connectivity index is 1.95. The van der Waals surface area contributed by atoms with Crippen molar-refractivity contribution in [3.8, 4) is 0 Å². The number of anilines is 1. The maximum Gasteiger partial charge on any atom is 0.500 e. The minimum absolute atomic E-state index is 0.106. The number of nitro groups is 1. The average molecular weight is 471 g/mol. The van der Waals surface area contributed by atoms with Crippen LogP contribution in [0.1, 0.15) is 25.8 Å². The lowest BCUT2D eigenvalue weighted by Gasteiger charge is -2.29. The molecular formula is C24H30N2O6Si. The van der Waals surface area contributed by atoms with Crippen molar-refractivity contribution in [3.05, 3.63) is 87.3 Å². The molecule has 0 atom stereocenters. The van der Waals surface area contributed by atoms with E-state index in [2.05, 4.69) is 30.9 Å². The van der Waals surface area contributed by atoms with Crippen molar-refractivity contribution in [3.63, 3.8) is 0 Å². The van der Waals surface area contributed by atoms with E-state index in [1.54, 1.807) is 27.4 Å². The SMILES string of the molecule is CO[Si](CCCN1/C(=C\C=C2\C=C([N+](=O)[O-])C=CC2=O)C(C)(C)c2ccccc21)(OC)OC. The van der Waals surface area contributed by atoms with Crippen LogP contribution in [-0.4, -0.2) is 47.4 Å². The maximum atomic E-state index is 12.3. The van der Waals surface area contributed by atoms with Crippen molar-refractivity contribution in [2.75, 3.05) is 32.8 Å². The Bertz CT molecular complexity index is 1040. The van der Waals surface area contributed by atoms with E-state index in [0.29, 0.717) is 12.6 Å². The molecule has 0 saturated heterocycles. The Kier molecular flexibility index (Phi) is 7.48. The van der Waals surface area contributed by atoms with E-state index in [0.717, 1.165) is 17.8 Å². The van der Waals surface area contributed by atoms with Crippen LogP contribution < -0.4 is 4.90 Å². The summed E-state index contributed by atoms with van der Waals surface area (Å²) in [6.07, 6.45) is 8.12. The molecule has 1 aromatic carbocycles. The summed E-state index contributed by atoms with van der Waals surface area (Å²) in [6, 6.07) is 8.86. The third kappa shape index (κ3) is 4.91. The highest BCUT2D eigenvalue weighted by Gasteiger charge is 2.41. The van der Waals surface area contributed by atoms with E-state index < -0.39 is 13.7 Å². The van der Waals surface area contributed by atoms with Gasteiger partial charge in [0.1, 0.15) is 0 Å². The Hall–Kier alpha value is -2.85. The predicted octanol–water partition coefficient (Wildman–Crippen LogP) is 4.16. The molecule has 1 heterocycles. The number of ketones is 1. The molecule has 9 heteroatoms. The molecule has 33 heavy (non-hydrogen) atoms. The fraction of sp³-hybridized carbons (Fsp3) is 0.375. The lowest BCUT2D eigenvalue weighted by atomic mass is 9.83. The first-order valence-corrected chi connectivity index (χ1v) is 12.7. The highest BCUT2D eigenvalue weighted by atomic mass is 28.4. The van der Waals surface area contributed by atoms with Crippen LogP contribution >= 0.6 is 0 Å². The number of nitrogens with zero attached hydrogens (tertiary/aromatic N) is 2. The molecule has 8 nitrogen and oxygen atoms in total. The first kappa shape index (κ1) is 24.8. The summed E-state index contributed by atoms with van der Waals surface area (Å²) in [7, 11) is 2.12. The predicted molar refractivity (Wildman–Crippen MR) is 128 cm³/mol. The van der Waals surface area contributed by atoms with Gasteiger partial charge in [-0.05, 0) is 36.3 Å². The van der Waals surface area contributed by atoms with Crippen LogP contribution in [0.4, 0.5) is 5.69 Å². The number of fused-ring (bicyclic) bond motifs is 1. The molecular weight excluding hydrogens is 440 g/mol. The van der Waals surface area contributed by atoms with E-state index in [1.165, 1.54) is 23.8 Å². The van der Waals surface area contributed by atoms with Crippen molar-refractivity contribution in [2.24, 2.45) is 0 Å². The number of para-hydroxylation sites is 1. The Labute approximate surface area is 195 Å². The summed E-state index contributed by atoms with van der Waals surface area (Å²) >= 11 is 0. The van der Waals surface area contributed by atoms with Gasteiger partial charge in [-0.3, -0.25) is 14.9 Å². The average Bonchev–Trinajstić information content (AvgIpc) is 3.02. The Morgan fingerprint density at radius 2 is 1.76 bits per heavy atom. The highest BCUT2D eigenvalue weighted by Crippen LogP contribution is 2.47. The van der Waals surface area contributed by atoms with Crippen LogP contribution in [0, 0.1) is 10.1 Å². The molecule has 0 bridgehead atoms. The Morgan fingerprint density at radius 3 is 2.39 bits per heavy atom. The van der Waals surface area contributed by atoms with Crippen LogP contribution in [0.3, 0.4) is 0 Å².